The summed E-state index contributed by atoms with van der Waals surface area (Å²) in [6.07, 6.45) is -3.17. The average molecular weight is 256 g/mol. The molecule has 2 unspecified atom stereocenters. The Hall–Kier alpha value is 0.0700. The number of rotatable bonds is 1. The summed E-state index contributed by atoms with van der Waals surface area (Å²) in [5, 5.41) is 48.2. The Morgan fingerprint density at radius 2 is 1.81 bits per heavy atom. The van der Waals surface area contributed by atoms with Crippen molar-refractivity contribution in [3.63, 3.8) is 0 Å². The van der Waals surface area contributed by atoms with E-state index in [4.69, 9.17) is 18.9 Å². The van der Waals surface area contributed by atoms with Gasteiger partial charge < -0.3 is 30.3 Å². The van der Waals surface area contributed by atoms with Gasteiger partial charge in [0, 0.05) is 0 Å². The van der Waals surface area contributed by atoms with Gasteiger partial charge in [0.05, 0.1) is 6.61 Å². The van der Waals surface area contributed by atoms with Crippen LogP contribution in [0.1, 0.15) is 0 Å². The smallest absolute Gasteiger partial charge is 0.351 e. The molecule has 0 aromatic rings. The Morgan fingerprint density at radius 1 is 1.12 bits per heavy atom. The summed E-state index contributed by atoms with van der Waals surface area (Å²) in [5.41, 5.74) is 0. The van der Waals surface area contributed by atoms with Crippen LogP contribution in [0.4, 0.5) is 0 Å². The van der Waals surface area contributed by atoms with Crippen LogP contribution in [0.25, 0.3) is 0 Å². The van der Waals surface area contributed by atoms with Crippen molar-refractivity contribution in [1.29, 1.82) is 0 Å². The summed E-state index contributed by atoms with van der Waals surface area (Å²) >= 11 is 0. The molecule has 5 N–H and O–H groups in total. The topological polar surface area (TPSA) is 138 Å². The van der Waals surface area contributed by atoms with Gasteiger partial charge in [-0.3, -0.25) is 9.05 Å². The molecule has 0 saturated carbocycles. The maximum Gasteiger partial charge on any atom is 0.351 e. The monoisotopic (exact) mass is 256 g/mol. The van der Waals surface area contributed by atoms with Crippen LogP contribution in [0.3, 0.4) is 0 Å². The number of fused-ring (bicyclic) bond motifs is 1. The number of hydrogen-bond donors (Lipinski definition) is 5. The van der Waals surface area contributed by atoms with Crippen molar-refractivity contribution < 1.29 is 43.8 Å². The van der Waals surface area contributed by atoms with E-state index in [1.54, 1.807) is 0 Å². The molecule has 2 bridgehead atoms. The molecule has 0 spiro atoms. The van der Waals surface area contributed by atoms with Gasteiger partial charge in [-0.15, -0.1) is 0 Å². The minimum absolute atomic E-state index is 0.716. The summed E-state index contributed by atoms with van der Waals surface area (Å²) in [6, 6.07) is 0. The lowest BCUT2D eigenvalue weighted by Gasteiger charge is -2.51. The van der Waals surface area contributed by atoms with E-state index >= 15 is 0 Å². The molecule has 0 radical (unpaired) electrons. The molecule has 92 valence electrons. The zero-order valence-electron chi connectivity index (χ0n) is 7.68. The van der Waals surface area contributed by atoms with Crippen LogP contribution < -0.4 is 0 Å². The fraction of sp³-hybridized carbons (Fsp3) is 1.00. The summed E-state index contributed by atoms with van der Waals surface area (Å²) < 4.78 is 18.9. The molecule has 10 heteroatoms. The maximum absolute atomic E-state index is 9.94. The van der Waals surface area contributed by atoms with E-state index in [1.807, 2.05) is 0 Å². The Morgan fingerprint density at radius 3 is 2.38 bits per heavy atom. The second-order valence-electron chi connectivity index (χ2n) is 3.70. The highest BCUT2D eigenvalue weighted by Gasteiger charge is 2.86. The van der Waals surface area contributed by atoms with Gasteiger partial charge in [0.1, 0.15) is 12.2 Å². The molecular weight excluding hydrogens is 247 g/mol. The molecule has 0 aliphatic carbocycles. The first-order chi connectivity index (χ1) is 7.36. The van der Waals surface area contributed by atoms with Gasteiger partial charge in [0.25, 0.3) is 5.79 Å². The summed E-state index contributed by atoms with van der Waals surface area (Å²) in [7, 11) is -2.22. The van der Waals surface area contributed by atoms with Crippen LogP contribution in [0.2, 0.25) is 0 Å². The molecule has 3 heterocycles. The van der Waals surface area contributed by atoms with Gasteiger partial charge in [-0.25, -0.2) is 4.52 Å². The number of aliphatic hydroxyl groups is 5. The lowest BCUT2D eigenvalue weighted by Crippen LogP contribution is -2.78. The second kappa shape index (κ2) is 2.90. The Labute approximate surface area is 89.7 Å². The molecule has 3 aliphatic heterocycles. The third-order valence-corrected chi connectivity index (χ3v) is 4.01. The van der Waals surface area contributed by atoms with Crippen LogP contribution in [0.5, 0.6) is 0 Å². The van der Waals surface area contributed by atoms with E-state index in [0.29, 0.717) is 0 Å². The maximum atomic E-state index is 9.94. The molecular formula is C6H9O9P. The minimum Gasteiger partial charge on any atom is -0.394 e. The highest BCUT2D eigenvalue weighted by molar-refractivity contribution is 7.42. The Kier molecular flexibility index (Phi) is 2.03. The fourth-order valence-electron chi connectivity index (χ4n) is 1.87. The first-order valence-corrected chi connectivity index (χ1v) is 5.47. The normalized spacial score (nSPS) is 63.9. The predicted octanol–water partition coefficient (Wildman–Crippen LogP) is -2.93. The van der Waals surface area contributed by atoms with Gasteiger partial charge in [-0.1, -0.05) is 0 Å². The third kappa shape index (κ3) is 0.959. The quantitative estimate of drug-likeness (QED) is 0.312. The van der Waals surface area contributed by atoms with Crippen LogP contribution >= 0.6 is 8.60 Å². The van der Waals surface area contributed by atoms with Gasteiger partial charge in [-0.2, -0.15) is 0 Å². The van der Waals surface area contributed by atoms with Gasteiger partial charge in [-0.05, 0) is 0 Å². The largest absolute Gasteiger partial charge is 0.394 e. The fourth-order valence-corrected chi connectivity index (χ4v) is 3.27. The second-order valence-corrected chi connectivity index (χ2v) is 4.70. The van der Waals surface area contributed by atoms with Crippen LogP contribution in [0.15, 0.2) is 0 Å². The highest BCUT2D eigenvalue weighted by atomic mass is 31.2. The zero-order valence-corrected chi connectivity index (χ0v) is 8.57. The first-order valence-electron chi connectivity index (χ1n) is 4.38. The molecule has 3 aliphatic rings. The van der Waals surface area contributed by atoms with Crippen molar-refractivity contribution in [1.82, 2.24) is 0 Å². The lowest BCUT2D eigenvalue weighted by molar-refractivity contribution is -0.525. The van der Waals surface area contributed by atoms with Crippen molar-refractivity contribution >= 4 is 8.60 Å². The molecule has 3 rings (SSSR count). The van der Waals surface area contributed by atoms with E-state index in [-0.39, 0.29) is 0 Å². The van der Waals surface area contributed by atoms with Crippen LogP contribution in [-0.4, -0.2) is 61.9 Å². The van der Waals surface area contributed by atoms with E-state index in [0.717, 1.165) is 0 Å². The standard InChI is InChI=1S/C6H9O9P/c7-1-2-3(8)4(9)5(10)6(11,12-2)15-16(13-4)14-5/h2-3,7-11H,1H2/t2-,3+,4+,5-,6?,16?/m1/s1. The number of hydrogen-bond acceptors (Lipinski definition) is 9. The summed E-state index contributed by atoms with van der Waals surface area (Å²) in [5.74, 6) is -8.01. The van der Waals surface area contributed by atoms with Gasteiger partial charge in [0.15, 0.2) is 0 Å². The molecule has 6 atom stereocenters. The molecule has 16 heavy (non-hydrogen) atoms. The minimum atomic E-state index is -2.74. The van der Waals surface area contributed by atoms with Crippen molar-refractivity contribution in [2.24, 2.45) is 0 Å². The average Bonchev–Trinajstić information content (AvgIpc) is 2.60. The molecule has 0 aromatic heterocycles. The summed E-state index contributed by atoms with van der Waals surface area (Å²) in [4.78, 5) is 0. The van der Waals surface area contributed by atoms with Crippen molar-refractivity contribution in [3.05, 3.63) is 0 Å². The molecule has 0 aromatic carbocycles. The molecule has 9 nitrogen and oxygen atoms in total. The summed E-state index contributed by atoms with van der Waals surface area (Å²) in [6.45, 7) is -0.716. The zero-order chi connectivity index (χ0) is 11.8. The molecule has 3 saturated heterocycles. The Bertz CT molecular complexity index is 340. The first kappa shape index (κ1) is 11.2. The lowest BCUT2D eigenvalue weighted by atomic mass is 9.90. The Balaban J connectivity index is 2.08. The van der Waals surface area contributed by atoms with E-state index < -0.39 is 45.0 Å². The van der Waals surface area contributed by atoms with Crippen molar-refractivity contribution in [3.8, 4) is 0 Å². The highest BCUT2D eigenvalue weighted by Crippen LogP contribution is 2.71. The number of ether oxygens (including phenoxy) is 1. The molecule has 3 fully saturated rings. The van der Waals surface area contributed by atoms with E-state index in [1.165, 1.54) is 0 Å². The van der Waals surface area contributed by atoms with E-state index in [9.17, 15) is 20.4 Å². The van der Waals surface area contributed by atoms with Crippen LogP contribution in [0, 0.1) is 0 Å². The van der Waals surface area contributed by atoms with Gasteiger partial charge >= 0.3 is 20.4 Å². The molecule has 0 amide bonds. The number of aliphatic hydroxyl groups excluding tert-OH is 2. The SMILES string of the molecule is OC[C@H]1OC2(O)OP3O[C@@](O)([C@H]1O)[C@@]2(O)O3. The predicted molar refractivity (Wildman–Crippen MR) is 43.0 cm³/mol. The van der Waals surface area contributed by atoms with Gasteiger partial charge in [0.2, 0.25) is 0 Å². The van der Waals surface area contributed by atoms with Crippen molar-refractivity contribution in [2.75, 3.05) is 6.61 Å². The van der Waals surface area contributed by atoms with E-state index in [2.05, 4.69) is 4.52 Å². The third-order valence-electron chi connectivity index (χ3n) is 2.78. The van der Waals surface area contributed by atoms with Crippen molar-refractivity contribution in [2.45, 2.75) is 29.8 Å². The van der Waals surface area contributed by atoms with Crippen LogP contribution in [-0.2, 0) is 18.3 Å².